The summed E-state index contributed by atoms with van der Waals surface area (Å²) in [5.74, 6) is -1.04. The van der Waals surface area contributed by atoms with Crippen LogP contribution in [0.25, 0.3) is 11.3 Å². The number of aromatic nitrogens is 3. The highest BCUT2D eigenvalue weighted by molar-refractivity contribution is 5.92. The highest BCUT2D eigenvalue weighted by Crippen LogP contribution is 2.19. The summed E-state index contributed by atoms with van der Waals surface area (Å²) in [5, 5.41) is 8.89. The molecule has 0 unspecified atom stereocenters. The lowest BCUT2D eigenvalue weighted by molar-refractivity contribution is 0.0692. The molecule has 0 fully saturated rings. The number of anilines is 2. The van der Waals surface area contributed by atoms with Crippen LogP contribution in [0.5, 0.6) is 0 Å². The van der Waals surface area contributed by atoms with Crippen molar-refractivity contribution in [3.63, 3.8) is 0 Å². The maximum atomic E-state index is 10.9. The third-order valence-electron chi connectivity index (χ3n) is 2.10. The van der Waals surface area contributed by atoms with Gasteiger partial charge in [0.05, 0.1) is 11.4 Å². The Balaban J connectivity index is 2.50. The van der Waals surface area contributed by atoms with E-state index >= 15 is 0 Å². The molecular weight excluding hydrogens is 222 g/mol. The Morgan fingerprint density at radius 3 is 2.41 bits per heavy atom. The van der Waals surface area contributed by atoms with Crippen LogP contribution in [-0.4, -0.2) is 26.0 Å². The van der Waals surface area contributed by atoms with Gasteiger partial charge < -0.3 is 16.6 Å². The minimum Gasteiger partial charge on any atom is -0.476 e. The fraction of sp³-hybridized carbons (Fsp3) is 0. The lowest BCUT2D eigenvalue weighted by atomic mass is 10.2. The molecule has 5 N–H and O–H groups in total. The van der Waals surface area contributed by atoms with Crippen LogP contribution in [-0.2, 0) is 0 Å². The number of hydrogen-bond donors (Lipinski definition) is 3. The van der Waals surface area contributed by atoms with Gasteiger partial charge in [-0.15, -0.1) is 0 Å². The van der Waals surface area contributed by atoms with Crippen LogP contribution in [0.2, 0.25) is 0 Å². The Kier molecular flexibility index (Phi) is 2.57. The first kappa shape index (κ1) is 10.8. The first-order chi connectivity index (χ1) is 8.08. The molecule has 0 radical (unpaired) electrons. The standard InChI is InChI=1S/C10H9N5O2/c11-6-1-2-7(15-8(6)9(16)17)5-3-13-10(12)14-4-5/h1-4H,11H2,(H,16,17)(H2,12,13,14). The normalized spacial score (nSPS) is 10.1. The van der Waals surface area contributed by atoms with Gasteiger partial charge in [-0.1, -0.05) is 0 Å². The number of aromatic carboxylic acids is 1. The molecule has 2 rings (SSSR count). The largest absolute Gasteiger partial charge is 0.476 e. The van der Waals surface area contributed by atoms with Gasteiger partial charge in [0, 0.05) is 18.0 Å². The number of nitrogen functional groups attached to an aromatic ring is 2. The number of nitrogens with two attached hydrogens (primary N) is 2. The Bertz CT molecular complexity index is 567. The van der Waals surface area contributed by atoms with E-state index in [2.05, 4.69) is 15.0 Å². The number of pyridine rings is 1. The lowest BCUT2D eigenvalue weighted by Gasteiger charge is -2.04. The smallest absolute Gasteiger partial charge is 0.356 e. The predicted octanol–water partition coefficient (Wildman–Crippen LogP) is 0.401. The van der Waals surface area contributed by atoms with Crippen molar-refractivity contribution in [2.24, 2.45) is 0 Å². The van der Waals surface area contributed by atoms with Gasteiger partial charge in [-0.05, 0) is 12.1 Å². The van der Waals surface area contributed by atoms with Crippen LogP contribution in [0.3, 0.4) is 0 Å². The van der Waals surface area contributed by atoms with E-state index in [1.807, 2.05) is 0 Å². The summed E-state index contributed by atoms with van der Waals surface area (Å²) >= 11 is 0. The van der Waals surface area contributed by atoms with Crippen LogP contribution < -0.4 is 11.5 Å². The Morgan fingerprint density at radius 2 is 1.82 bits per heavy atom. The number of rotatable bonds is 2. The van der Waals surface area contributed by atoms with Crippen LogP contribution in [0.4, 0.5) is 11.6 Å². The molecule has 0 aromatic carbocycles. The van der Waals surface area contributed by atoms with E-state index in [-0.39, 0.29) is 17.3 Å². The zero-order valence-corrected chi connectivity index (χ0v) is 8.66. The molecule has 0 bridgehead atoms. The maximum absolute atomic E-state index is 10.9. The summed E-state index contributed by atoms with van der Waals surface area (Å²) in [5.41, 5.74) is 11.8. The van der Waals surface area contributed by atoms with Crippen molar-refractivity contribution in [1.29, 1.82) is 0 Å². The van der Waals surface area contributed by atoms with Crippen molar-refractivity contribution < 1.29 is 9.90 Å². The molecule has 0 amide bonds. The van der Waals surface area contributed by atoms with Gasteiger partial charge in [0.15, 0.2) is 5.69 Å². The molecule has 0 saturated heterocycles. The number of carbonyl (C=O) groups is 1. The minimum atomic E-state index is -1.18. The van der Waals surface area contributed by atoms with Gasteiger partial charge in [0.2, 0.25) is 5.95 Å². The van der Waals surface area contributed by atoms with Crippen molar-refractivity contribution in [3.8, 4) is 11.3 Å². The molecule has 2 heterocycles. The minimum absolute atomic E-state index is 0.109. The molecule has 2 aromatic rings. The van der Waals surface area contributed by atoms with Gasteiger partial charge in [-0.3, -0.25) is 0 Å². The van der Waals surface area contributed by atoms with Gasteiger partial charge in [-0.25, -0.2) is 19.7 Å². The second-order valence-corrected chi connectivity index (χ2v) is 3.27. The number of nitrogens with zero attached hydrogens (tertiary/aromatic N) is 3. The third-order valence-corrected chi connectivity index (χ3v) is 2.10. The first-order valence-corrected chi connectivity index (χ1v) is 4.65. The van der Waals surface area contributed by atoms with E-state index in [9.17, 15) is 4.79 Å². The van der Waals surface area contributed by atoms with Crippen LogP contribution >= 0.6 is 0 Å². The predicted molar refractivity (Wildman–Crippen MR) is 61.0 cm³/mol. The number of carboxylic acid groups (broad SMARTS) is 1. The molecule has 2 aromatic heterocycles. The molecule has 0 aliphatic carbocycles. The number of carboxylic acids is 1. The molecule has 17 heavy (non-hydrogen) atoms. The van der Waals surface area contributed by atoms with E-state index < -0.39 is 5.97 Å². The molecule has 0 spiro atoms. The van der Waals surface area contributed by atoms with Crippen molar-refractivity contribution >= 4 is 17.6 Å². The van der Waals surface area contributed by atoms with Crippen LogP contribution in [0, 0.1) is 0 Å². The summed E-state index contributed by atoms with van der Waals surface area (Å²) in [4.78, 5) is 22.4. The van der Waals surface area contributed by atoms with Gasteiger partial charge in [0.25, 0.3) is 0 Å². The zero-order valence-electron chi connectivity index (χ0n) is 8.66. The molecule has 0 aliphatic rings. The second-order valence-electron chi connectivity index (χ2n) is 3.27. The van der Waals surface area contributed by atoms with Crippen molar-refractivity contribution in [2.45, 2.75) is 0 Å². The molecule has 86 valence electrons. The molecule has 7 heteroatoms. The average molecular weight is 231 g/mol. The van der Waals surface area contributed by atoms with E-state index in [0.717, 1.165) is 0 Å². The van der Waals surface area contributed by atoms with Crippen LogP contribution in [0.1, 0.15) is 10.5 Å². The summed E-state index contributed by atoms with van der Waals surface area (Å²) in [6.07, 6.45) is 2.93. The molecular formula is C10H9N5O2. The fourth-order valence-corrected chi connectivity index (χ4v) is 1.27. The quantitative estimate of drug-likeness (QED) is 0.682. The SMILES string of the molecule is Nc1ncc(-c2ccc(N)c(C(=O)O)n2)cn1. The number of hydrogen-bond acceptors (Lipinski definition) is 6. The monoisotopic (exact) mass is 231 g/mol. The first-order valence-electron chi connectivity index (χ1n) is 4.65. The third kappa shape index (κ3) is 2.12. The van der Waals surface area contributed by atoms with E-state index in [4.69, 9.17) is 16.6 Å². The highest BCUT2D eigenvalue weighted by Gasteiger charge is 2.11. The average Bonchev–Trinajstić information content (AvgIpc) is 2.30. The van der Waals surface area contributed by atoms with Gasteiger partial charge >= 0.3 is 5.97 Å². The second kappa shape index (κ2) is 4.05. The van der Waals surface area contributed by atoms with E-state index in [1.54, 1.807) is 6.07 Å². The van der Waals surface area contributed by atoms with Crippen molar-refractivity contribution in [1.82, 2.24) is 15.0 Å². The summed E-state index contributed by atoms with van der Waals surface area (Å²) in [7, 11) is 0. The molecule has 0 atom stereocenters. The van der Waals surface area contributed by atoms with E-state index in [0.29, 0.717) is 11.3 Å². The van der Waals surface area contributed by atoms with Gasteiger partial charge in [0.1, 0.15) is 0 Å². The van der Waals surface area contributed by atoms with Gasteiger partial charge in [-0.2, -0.15) is 0 Å². The maximum Gasteiger partial charge on any atom is 0.356 e. The summed E-state index contributed by atoms with van der Waals surface area (Å²) in [6.45, 7) is 0. The van der Waals surface area contributed by atoms with Crippen LogP contribution in [0.15, 0.2) is 24.5 Å². The molecule has 0 saturated carbocycles. The summed E-state index contributed by atoms with van der Waals surface area (Å²) in [6, 6.07) is 3.07. The Labute approximate surface area is 96.1 Å². The fourth-order valence-electron chi connectivity index (χ4n) is 1.27. The molecule has 7 nitrogen and oxygen atoms in total. The zero-order chi connectivity index (χ0) is 12.4. The summed E-state index contributed by atoms with van der Waals surface area (Å²) < 4.78 is 0. The van der Waals surface area contributed by atoms with Crippen molar-refractivity contribution in [3.05, 3.63) is 30.2 Å². The topological polar surface area (TPSA) is 128 Å². The van der Waals surface area contributed by atoms with Crippen molar-refractivity contribution in [2.75, 3.05) is 11.5 Å². The van der Waals surface area contributed by atoms with E-state index in [1.165, 1.54) is 18.5 Å². The Morgan fingerprint density at radius 1 is 1.18 bits per heavy atom. The lowest BCUT2D eigenvalue weighted by Crippen LogP contribution is -2.06. The Hall–Kier alpha value is -2.70. The molecule has 0 aliphatic heterocycles. The highest BCUT2D eigenvalue weighted by atomic mass is 16.4.